The summed E-state index contributed by atoms with van der Waals surface area (Å²) in [7, 11) is 1.73. The van der Waals surface area contributed by atoms with Gasteiger partial charge in [-0.15, -0.1) is 0 Å². The second kappa shape index (κ2) is 6.58. The summed E-state index contributed by atoms with van der Waals surface area (Å²) in [5.74, 6) is 0. The number of nitrogens with two attached hydrogens (primary N) is 1. The zero-order valence-electron chi connectivity index (χ0n) is 9.65. The number of rotatable bonds is 7. The zero-order chi connectivity index (χ0) is 11.1. The van der Waals surface area contributed by atoms with E-state index in [0.717, 1.165) is 32.4 Å². The van der Waals surface area contributed by atoms with Crippen LogP contribution in [0.25, 0.3) is 0 Å². The fraction of sp³-hybridized carbons (Fsp3) is 0.727. The molecule has 1 aromatic heterocycles. The molecule has 2 N–H and O–H groups in total. The van der Waals surface area contributed by atoms with Gasteiger partial charge < -0.3 is 10.5 Å². The van der Waals surface area contributed by atoms with Crippen molar-refractivity contribution in [2.75, 3.05) is 13.7 Å². The van der Waals surface area contributed by atoms with Crippen LogP contribution in [0.1, 0.15) is 25.3 Å². The average molecular weight is 211 g/mol. The molecule has 1 aromatic rings. The standard InChI is InChI=1S/C11H21N3O/c1-10(12)7-11-8-13-14(9-11)5-3-4-6-15-2/h8-10H,3-7,12H2,1-2H3. The van der Waals surface area contributed by atoms with Crippen LogP contribution in [-0.4, -0.2) is 29.5 Å². The summed E-state index contributed by atoms with van der Waals surface area (Å²) in [5.41, 5.74) is 6.94. The van der Waals surface area contributed by atoms with Crippen molar-refractivity contribution in [3.05, 3.63) is 18.0 Å². The molecular formula is C11H21N3O. The predicted molar refractivity (Wildman–Crippen MR) is 60.7 cm³/mol. The minimum Gasteiger partial charge on any atom is -0.385 e. The number of hydrogen-bond acceptors (Lipinski definition) is 3. The third-order valence-electron chi connectivity index (χ3n) is 2.23. The van der Waals surface area contributed by atoms with E-state index < -0.39 is 0 Å². The molecule has 15 heavy (non-hydrogen) atoms. The number of unbranched alkanes of at least 4 members (excludes halogenated alkanes) is 1. The summed E-state index contributed by atoms with van der Waals surface area (Å²) >= 11 is 0. The van der Waals surface area contributed by atoms with Gasteiger partial charge in [-0.2, -0.15) is 5.10 Å². The molecule has 1 rings (SSSR count). The highest BCUT2D eigenvalue weighted by molar-refractivity contribution is 5.05. The lowest BCUT2D eigenvalue weighted by Gasteiger charge is -2.02. The molecule has 86 valence electrons. The van der Waals surface area contributed by atoms with Gasteiger partial charge in [0.15, 0.2) is 0 Å². The summed E-state index contributed by atoms with van der Waals surface area (Å²) in [6.07, 6.45) is 7.07. The minimum atomic E-state index is 0.205. The van der Waals surface area contributed by atoms with Crippen molar-refractivity contribution < 1.29 is 4.74 Å². The van der Waals surface area contributed by atoms with Crippen LogP contribution in [0.15, 0.2) is 12.4 Å². The number of nitrogens with zero attached hydrogens (tertiary/aromatic N) is 2. The first-order valence-corrected chi connectivity index (χ1v) is 5.48. The molecule has 0 aromatic carbocycles. The Kier molecular flexibility index (Phi) is 5.36. The third-order valence-corrected chi connectivity index (χ3v) is 2.23. The van der Waals surface area contributed by atoms with Crippen LogP contribution in [-0.2, 0) is 17.7 Å². The molecule has 0 spiro atoms. The van der Waals surface area contributed by atoms with E-state index in [4.69, 9.17) is 10.5 Å². The van der Waals surface area contributed by atoms with E-state index >= 15 is 0 Å². The average Bonchev–Trinajstić information content (AvgIpc) is 2.59. The van der Waals surface area contributed by atoms with Crippen LogP contribution >= 0.6 is 0 Å². The summed E-state index contributed by atoms with van der Waals surface area (Å²) in [6, 6.07) is 0.205. The fourth-order valence-electron chi connectivity index (χ4n) is 1.53. The van der Waals surface area contributed by atoms with Gasteiger partial charge in [-0.1, -0.05) is 0 Å². The molecule has 1 heterocycles. The van der Waals surface area contributed by atoms with E-state index in [1.54, 1.807) is 7.11 Å². The molecule has 0 saturated carbocycles. The topological polar surface area (TPSA) is 53.1 Å². The Morgan fingerprint density at radius 3 is 3.00 bits per heavy atom. The van der Waals surface area contributed by atoms with Crippen molar-refractivity contribution >= 4 is 0 Å². The lowest BCUT2D eigenvalue weighted by Crippen LogP contribution is -2.17. The third kappa shape index (κ3) is 4.95. The van der Waals surface area contributed by atoms with Crippen LogP contribution in [0.2, 0.25) is 0 Å². The highest BCUT2D eigenvalue weighted by Gasteiger charge is 2.01. The van der Waals surface area contributed by atoms with Crippen LogP contribution in [0.3, 0.4) is 0 Å². The fourth-order valence-corrected chi connectivity index (χ4v) is 1.53. The highest BCUT2D eigenvalue weighted by Crippen LogP contribution is 2.02. The Hall–Kier alpha value is -0.870. The van der Waals surface area contributed by atoms with Gasteiger partial charge >= 0.3 is 0 Å². The molecule has 0 radical (unpaired) electrons. The van der Waals surface area contributed by atoms with Crippen LogP contribution < -0.4 is 5.73 Å². The van der Waals surface area contributed by atoms with Crippen molar-refractivity contribution in [2.24, 2.45) is 5.73 Å². The minimum absolute atomic E-state index is 0.205. The highest BCUT2D eigenvalue weighted by atomic mass is 16.5. The maximum absolute atomic E-state index is 5.72. The number of ether oxygens (including phenoxy) is 1. The van der Waals surface area contributed by atoms with Crippen molar-refractivity contribution in [1.29, 1.82) is 0 Å². The van der Waals surface area contributed by atoms with Gasteiger partial charge in [-0.05, 0) is 31.7 Å². The molecule has 0 saturated heterocycles. The quantitative estimate of drug-likeness (QED) is 0.689. The number of aryl methyl sites for hydroxylation is 1. The summed E-state index contributed by atoms with van der Waals surface area (Å²) < 4.78 is 6.97. The van der Waals surface area contributed by atoms with E-state index in [1.807, 2.05) is 17.8 Å². The Bertz CT molecular complexity index is 271. The van der Waals surface area contributed by atoms with E-state index in [2.05, 4.69) is 11.3 Å². The summed E-state index contributed by atoms with van der Waals surface area (Å²) in [6.45, 7) is 3.80. The monoisotopic (exact) mass is 211 g/mol. The molecule has 0 aliphatic rings. The molecule has 4 heteroatoms. The van der Waals surface area contributed by atoms with Crippen molar-refractivity contribution in [3.63, 3.8) is 0 Å². The number of methoxy groups -OCH3 is 1. The number of aromatic nitrogens is 2. The second-order valence-corrected chi connectivity index (χ2v) is 3.99. The first kappa shape index (κ1) is 12.2. The van der Waals surface area contributed by atoms with E-state index in [9.17, 15) is 0 Å². The van der Waals surface area contributed by atoms with Gasteiger partial charge in [-0.25, -0.2) is 0 Å². The largest absolute Gasteiger partial charge is 0.385 e. The Morgan fingerprint density at radius 1 is 1.53 bits per heavy atom. The Balaban J connectivity index is 2.26. The molecule has 0 aliphatic carbocycles. The molecule has 4 nitrogen and oxygen atoms in total. The SMILES string of the molecule is COCCCCn1cc(CC(C)N)cn1. The molecule has 0 bridgehead atoms. The molecule has 0 aliphatic heterocycles. The van der Waals surface area contributed by atoms with Gasteiger partial charge in [-0.3, -0.25) is 4.68 Å². The van der Waals surface area contributed by atoms with Gasteiger partial charge in [0, 0.05) is 32.5 Å². The zero-order valence-corrected chi connectivity index (χ0v) is 9.65. The molecule has 0 fully saturated rings. The van der Waals surface area contributed by atoms with E-state index in [1.165, 1.54) is 5.56 Å². The lowest BCUT2D eigenvalue weighted by atomic mass is 10.1. The summed E-state index contributed by atoms with van der Waals surface area (Å²) in [4.78, 5) is 0. The molecule has 0 amide bonds. The smallest absolute Gasteiger partial charge is 0.0522 e. The second-order valence-electron chi connectivity index (χ2n) is 3.99. The maximum Gasteiger partial charge on any atom is 0.0522 e. The predicted octanol–water partition coefficient (Wildman–Crippen LogP) is 1.20. The van der Waals surface area contributed by atoms with Gasteiger partial charge in [0.1, 0.15) is 0 Å². The number of hydrogen-bond donors (Lipinski definition) is 1. The van der Waals surface area contributed by atoms with Gasteiger partial charge in [0.25, 0.3) is 0 Å². The van der Waals surface area contributed by atoms with Crippen molar-refractivity contribution in [1.82, 2.24) is 9.78 Å². The Morgan fingerprint density at radius 2 is 2.33 bits per heavy atom. The van der Waals surface area contributed by atoms with E-state index in [-0.39, 0.29) is 6.04 Å². The van der Waals surface area contributed by atoms with Crippen molar-refractivity contribution in [2.45, 2.75) is 38.8 Å². The van der Waals surface area contributed by atoms with Crippen LogP contribution in [0.5, 0.6) is 0 Å². The first-order chi connectivity index (χ1) is 7.22. The molecule has 1 atom stereocenters. The van der Waals surface area contributed by atoms with E-state index in [0.29, 0.717) is 0 Å². The lowest BCUT2D eigenvalue weighted by molar-refractivity contribution is 0.191. The van der Waals surface area contributed by atoms with Gasteiger partial charge in [0.2, 0.25) is 0 Å². The van der Waals surface area contributed by atoms with Crippen LogP contribution in [0, 0.1) is 0 Å². The Labute approximate surface area is 91.4 Å². The van der Waals surface area contributed by atoms with Crippen molar-refractivity contribution in [3.8, 4) is 0 Å². The van der Waals surface area contributed by atoms with Crippen LogP contribution in [0.4, 0.5) is 0 Å². The molecular weight excluding hydrogens is 190 g/mol. The normalized spacial score (nSPS) is 13.0. The first-order valence-electron chi connectivity index (χ1n) is 5.48. The summed E-state index contributed by atoms with van der Waals surface area (Å²) in [5, 5.41) is 4.29. The van der Waals surface area contributed by atoms with Gasteiger partial charge in [0.05, 0.1) is 6.20 Å². The molecule has 1 unspecified atom stereocenters. The maximum atomic E-state index is 5.72.